The minimum atomic E-state index is -1.10. The number of piperazine rings is 1. The van der Waals surface area contributed by atoms with E-state index in [1.165, 1.54) is 30.0 Å². The van der Waals surface area contributed by atoms with Gasteiger partial charge in [0.2, 0.25) is 5.91 Å². The van der Waals surface area contributed by atoms with Crippen LogP contribution in [0.5, 0.6) is 5.75 Å². The molecule has 3 rings (SSSR count). The molecule has 1 aromatic carbocycles. The van der Waals surface area contributed by atoms with Gasteiger partial charge in [-0.2, -0.15) is 0 Å². The minimum absolute atomic E-state index is 0.0534. The summed E-state index contributed by atoms with van der Waals surface area (Å²) in [5, 5.41) is 13.8. The number of ether oxygens (including phenoxy) is 3. The maximum absolute atomic E-state index is 13.0. The van der Waals surface area contributed by atoms with Gasteiger partial charge in [-0.25, -0.2) is 0 Å². The highest BCUT2D eigenvalue weighted by molar-refractivity contribution is 5.93. The molecule has 2 aliphatic rings. The highest BCUT2D eigenvalue weighted by atomic mass is 16.6. The Morgan fingerprint density at radius 3 is 2.87 bits per heavy atom. The lowest BCUT2D eigenvalue weighted by atomic mass is 10.1. The van der Waals surface area contributed by atoms with E-state index in [4.69, 9.17) is 14.2 Å². The summed E-state index contributed by atoms with van der Waals surface area (Å²) in [7, 11) is 0. The molecule has 0 radical (unpaired) electrons. The molecule has 3 unspecified atom stereocenters. The van der Waals surface area contributed by atoms with Gasteiger partial charge >= 0.3 is 11.7 Å². The highest BCUT2D eigenvalue weighted by Crippen LogP contribution is 2.27. The molecule has 1 N–H and O–H groups in total. The SMILES string of the molecule is CC(Oc1ccccc1[N+](=O)[O-])C(=O)N1CCNC(=O)C1CC(=O)OCC1CCCO1. The summed E-state index contributed by atoms with van der Waals surface area (Å²) < 4.78 is 16.1. The predicted octanol–water partition coefficient (Wildman–Crippen LogP) is 0.801. The average molecular weight is 435 g/mol. The van der Waals surface area contributed by atoms with E-state index >= 15 is 0 Å². The van der Waals surface area contributed by atoms with Crippen molar-refractivity contribution in [2.75, 3.05) is 26.3 Å². The molecule has 2 saturated heterocycles. The number of para-hydroxylation sites is 2. The molecule has 2 heterocycles. The number of rotatable bonds is 8. The lowest BCUT2D eigenvalue weighted by Gasteiger charge is -2.36. The average Bonchev–Trinajstić information content (AvgIpc) is 3.27. The molecule has 2 aliphatic heterocycles. The maximum Gasteiger partial charge on any atom is 0.310 e. The Bertz CT molecular complexity index is 839. The van der Waals surface area contributed by atoms with Gasteiger partial charge in [0.05, 0.1) is 17.4 Å². The fourth-order valence-electron chi connectivity index (χ4n) is 3.54. The molecular formula is C20H25N3O8. The largest absolute Gasteiger partial charge is 0.474 e. The number of carbonyl (C=O) groups is 3. The van der Waals surface area contributed by atoms with Gasteiger partial charge in [-0.1, -0.05) is 12.1 Å². The van der Waals surface area contributed by atoms with Crippen LogP contribution in [0.3, 0.4) is 0 Å². The monoisotopic (exact) mass is 435 g/mol. The third-order valence-electron chi connectivity index (χ3n) is 5.14. The zero-order chi connectivity index (χ0) is 22.4. The summed E-state index contributed by atoms with van der Waals surface area (Å²) >= 11 is 0. The number of benzene rings is 1. The van der Waals surface area contributed by atoms with Crippen molar-refractivity contribution in [2.45, 2.75) is 44.4 Å². The van der Waals surface area contributed by atoms with Crippen LogP contribution in [-0.2, 0) is 23.9 Å². The van der Waals surface area contributed by atoms with Crippen LogP contribution in [0, 0.1) is 10.1 Å². The van der Waals surface area contributed by atoms with Crippen molar-refractivity contribution in [2.24, 2.45) is 0 Å². The minimum Gasteiger partial charge on any atom is -0.474 e. The Balaban J connectivity index is 1.63. The van der Waals surface area contributed by atoms with Crippen molar-refractivity contribution in [1.82, 2.24) is 10.2 Å². The van der Waals surface area contributed by atoms with Crippen molar-refractivity contribution in [1.29, 1.82) is 0 Å². The number of nitrogens with zero attached hydrogens (tertiary/aromatic N) is 2. The number of nitro benzene ring substituents is 1. The van der Waals surface area contributed by atoms with Gasteiger partial charge in [-0.05, 0) is 25.8 Å². The van der Waals surface area contributed by atoms with Crippen molar-refractivity contribution in [3.05, 3.63) is 34.4 Å². The fourth-order valence-corrected chi connectivity index (χ4v) is 3.54. The molecule has 31 heavy (non-hydrogen) atoms. The van der Waals surface area contributed by atoms with Gasteiger partial charge in [0.25, 0.3) is 5.91 Å². The van der Waals surface area contributed by atoms with E-state index in [1.54, 1.807) is 6.07 Å². The van der Waals surface area contributed by atoms with Crippen molar-refractivity contribution < 1.29 is 33.5 Å². The van der Waals surface area contributed by atoms with Gasteiger partial charge in [-0.3, -0.25) is 24.5 Å². The Labute approximate surface area is 178 Å². The first kappa shape index (κ1) is 22.5. The van der Waals surface area contributed by atoms with E-state index in [-0.39, 0.29) is 43.7 Å². The Hall–Kier alpha value is -3.21. The van der Waals surface area contributed by atoms with E-state index in [9.17, 15) is 24.5 Å². The quantitative estimate of drug-likeness (QED) is 0.360. The van der Waals surface area contributed by atoms with Gasteiger partial charge in [0.15, 0.2) is 11.9 Å². The summed E-state index contributed by atoms with van der Waals surface area (Å²) in [6.07, 6.45) is 0.173. The molecule has 2 amide bonds. The molecule has 1 aromatic rings. The lowest BCUT2D eigenvalue weighted by molar-refractivity contribution is -0.386. The zero-order valence-corrected chi connectivity index (χ0v) is 17.2. The first-order chi connectivity index (χ1) is 14.9. The van der Waals surface area contributed by atoms with Crippen LogP contribution in [0.15, 0.2) is 24.3 Å². The van der Waals surface area contributed by atoms with Gasteiger partial charge < -0.3 is 24.4 Å². The third-order valence-corrected chi connectivity index (χ3v) is 5.14. The Morgan fingerprint density at radius 1 is 1.39 bits per heavy atom. The van der Waals surface area contributed by atoms with E-state index in [0.717, 1.165) is 12.8 Å². The number of esters is 1. The second-order valence-corrected chi connectivity index (χ2v) is 7.35. The molecule has 3 atom stereocenters. The molecule has 0 spiro atoms. The molecule has 0 aromatic heterocycles. The van der Waals surface area contributed by atoms with Crippen LogP contribution in [0.4, 0.5) is 5.69 Å². The van der Waals surface area contributed by atoms with Gasteiger partial charge in [-0.15, -0.1) is 0 Å². The number of hydrogen-bond donors (Lipinski definition) is 1. The standard InChI is InChI=1S/C20H25N3O8/c1-13(31-17-7-3-2-6-15(17)23(27)28)20(26)22-9-8-21-19(25)16(22)11-18(24)30-12-14-5-4-10-29-14/h2-3,6-7,13-14,16H,4-5,8-12H2,1H3,(H,21,25). The molecule has 0 saturated carbocycles. The molecule has 2 fully saturated rings. The molecular weight excluding hydrogens is 410 g/mol. The first-order valence-corrected chi connectivity index (χ1v) is 10.1. The number of nitro groups is 1. The second kappa shape index (κ2) is 10.2. The smallest absolute Gasteiger partial charge is 0.310 e. The van der Waals surface area contributed by atoms with Crippen LogP contribution in [0.25, 0.3) is 0 Å². The summed E-state index contributed by atoms with van der Waals surface area (Å²) in [6, 6.07) is 4.67. The van der Waals surface area contributed by atoms with Crippen LogP contribution in [0.2, 0.25) is 0 Å². The summed E-state index contributed by atoms with van der Waals surface area (Å²) in [5.41, 5.74) is -0.271. The normalized spacial score (nSPS) is 21.8. The lowest BCUT2D eigenvalue weighted by Crippen LogP contribution is -2.60. The van der Waals surface area contributed by atoms with Crippen LogP contribution >= 0.6 is 0 Å². The molecule has 168 valence electrons. The zero-order valence-electron chi connectivity index (χ0n) is 17.2. The van der Waals surface area contributed by atoms with Crippen molar-refractivity contribution >= 4 is 23.5 Å². The molecule has 11 nitrogen and oxygen atoms in total. The fraction of sp³-hybridized carbons (Fsp3) is 0.550. The summed E-state index contributed by atoms with van der Waals surface area (Å²) in [6.45, 7) is 2.59. The number of amides is 2. The number of hydrogen-bond acceptors (Lipinski definition) is 8. The van der Waals surface area contributed by atoms with Crippen molar-refractivity contribution in [3.63, 3.8) is 0 Å². The van der Waals surface area contributed by atoms with E-state index in [2.05, 4.69) is 5.32 Å². The predicted molar refractivity (Wildman–Crippen MR) is 106 cm³/mol. The number of nitrogens with one attached hydrogen (secondary N) is 1. The maximum atomic E-state index is 13.0. The van der Waals surface area contributed by atoms with E-state index < -0.39 is 34.9 Å². The molecule has 11 heteroatoms. The third kappa shape index (κ3) is 5.69. The highest BCUT2D eigenvalue weighted by Gasteiger charge is 2.38. The van der Waals surface area contributed by atoms with Crippen LogP contribution < -0.4 is 10.1 Å². The van der Waals surface area contributed by atoms with Gasteiger partial charge in [0.1, 0.15) is 12.6 Å². The summed E-state index contributed by atoms with van der Waals surface area (Å²) in [5.74, 6) is -1.68. The van der Waals surface area contributed by atoms with Gasteiger partial charge in [0, 0.05) is 25.8 Å². The molecule has 0 aliphatic carbocycles. The Morgan fingerprint density at radius 2 is 2.16 bits per heavy atom. The van der Waals surface area contributed by atoms with Crippen molar-refractivity contribution in [3.8, 4) is 5.75 Å². The van der Waals surface area contributed by atoms with E-state index in [0.29, 0.717) is 6.61 Å². The van der Waals surface area contributed by atoms with E-state index in [1.807, 2.05) is 0 Å². The van der Waals surface area contributed by atoms with Crippen LogP contribution in [-0.4, -0.2) is 72.2 Å². The summed E-state index contributed by atoms with van der Waals surface area (Å²) in [4.78, 5) is 49.4. The number of carbonyl (C=O) groups excluding carboxylic acids is 3. The Kier molecular flexibility index (Phi) is 7.40. The molecule has 0 bridgehead atoms. The first-order valence-electron chi connectivity index (χ1n) is 10.1. The topological polar surface area (TPSA) is 137 Å². The van der Waals surface area contributed by atoms with Crippen LogP contribution in [0.1, 0.15) is 26.2 Å². The second-order valence-electron chi connectivity index (χ2n) is 7.35.